The van der Waals surface area contributed by atoms with Crippen molar-refractivity contribution in [3.8, 4) is 0 Å². The summed E-state index contributed by atoms with van der Waals surface area (Å²) < 4.78 is 0. The Morgan fingerprint density at radius 3 is 3.06 bits per heavy atom. The number of fused-ring (bicyclic) bond motifs is 1. The highest BCUT2D eigenvalue weighted by atomic mass is 32.2. The summed E-state index contributed by atoms with van der Waals surface area (Å²) in [5, 5.41) is 6.42. The normalized spacial score (nSPS) is 20.8. The topological polar surface area (TPSA) is 41.1 Å². The second-order valence-electron chi connectivity index (χ2n) is 4.76. The summed E-state index contributed by atoms with van der Waals surface area (Å²) in [6, 6.07) is 8.32. The van der Waals surface area contributed by atoms with Crippen molar-refractivity contribution in [2.24, 2.45) is 0 Å². The third-order valence-corrected chi connectivity index (χ3v) is 4.03. The lowest BCUT2D eigenvalue weighted by Gasteiger charge is -2.20. The number of anilines is 1. The highest BCUT2D eigenvalue weighted by Gasteiger charge is 2.24. The number of hydrogen-bond acceptors (Lipinski definition) is 3. The van der Waals surface area contributed by atoms with Gasteiger partial charge in [0.15, 0.2) is 0 Å². The van der Waals surface area contributed by atoms with Crippen LogP contribution in [-0.4, -0.2) is 30.0 Å². The number of rotatable bonds is 4. The van der Waals surface area contributed by atoms with E-state index < -0.39 is 0 Å². The van der Waals surface area contributed by atoms with Crippen LogP contribution in [0.2, 0.25) is 0 Å². The number of thioether (sulfide) groups is 1. The number of carbonyl (C=O) groups is 1. The molecule has 1 aromatic carbocycles. The van der Waals surface area contributed by atoms with Crippen LogP contribution >= 0.6 is 11.8 Å². The van der Waals surface area contributed by atoms with Crippen molar-refractivity contribution >= 4 is 23.4 Å². The van der Waals surface area contributed by atoms with Crippen LogP contribution in [-0.2, 0) is 11.2 Å². The Morgan fingerprint density at radius 1 is 1.50 bits per heavy atom. The molecule has 0 aromatic heterocycles. The van der Waals surface area contributed by atoms with Gasteiger partial charge in [-0.3, -0.25) is 4.79 Å². The molecule has 0 spiro atoms. The van der Waals surface area contributed by atoms with Gasteiger partial charge in [0.1, 0.15) is 0 Å². The minimum Gasteiger partial charge on any atom is -0.324 e. The number of hydrogen-bond donors (Lipinski definition) is 2. The molecule has 4 heteroatoms. The minimum atomic E-state index is -0.0838. The van der Waals surface area contributed by atoms with E-state index in [1.165, 1.54) is 5.56 Å². The SMILES string of the molecule is CSCC(C)NC1CCc2ccccc2NC1=O. The fourth-order valence-electron chi connectivity index (χ4n) is 2.31. The molecule has 1 amide bonds. The molecule has 0 fully saturated rings. The first-order valence-corrected chi connectivity index (χ1v) is 7.74. The van der Waals surface area contributed by atoms with Crippen molar-refractivity contribution in [2.45, 2.75) is 31.8 Å². The summed E-state index contributed by atoms with van der Waals surface area (Å²) in [4.78, 5) is 12.1. The van der Waals surface area contributed by atoms with Gasteiger partial charge in [0, 0.05) is 17.5 Å². The van der Waals surface area contributed by atoms with Crippen molar-refractivity contribution in [1.82, 2.24) is 5.32 Å². The van der Waals surface area contributed by atoms with Crippen molar-refractivity contribution in [3.63, 3.8) is 0 Å². The monoisotopic (exact) mass is 264 g/mol. The molecule has 0 aliphatic carbocycles. The van der Waals surface area contributed by atoms with E-state index in [9.17, 15) is 4.79 Å². The van der Waals surface area contributed by atoms with Gasteiger partial charge in [-0.1, -0.05) is 18.2 Å². The van der Waals surface area contributed by atoms with Crippen LogP contribution in [0, 0.1) is 0 Å². The van der Waals surface area contributed by atoms with Crippen molar-refractivity contribution in [3.05, 3.63) is 29.8 Å². The second kappa shape index (κ2) is 6.25. The van der Waals surface area contributed by atoms with Gasteiger partial charge in [-0.25, -0.2) is 0 Å². The Labute approximate surface area is 113 Å². The second-order valence-corrected chi connectivity index (χ2v) is 5.67. The molecule has 1 aliphatic rings. The van der Waals surface area contributed by atoms with Crippen molar-refractivity contribution in [2.75, 3.05) is 17.3 Å². The van der Waals surface area contributed by atoms with Gasteiger partial charge in [-0.05, 0) is 37.7 Å². The molecule has 98 valence electrons. The molecule has 1 aliphatic heterocycles. The predicted octanol–water partition coefficient (Wildman–Crippen LogP) is 2.28. The summed E-state index contributed by atoms with van der Waals surface area (Å²) in [5.41, 5.74) is 2.19. The molecule has 2 atom stereocenters. The average molecular weight is 264 g/mol. The number of benzene rings is 1. The zero-order valence-electron chi connectivity index (χ0n) is 10.9. The highest BCUT2D eigenvalue weighted by molar-refractivity contribution is 7.98. The summed E-state index contributed by atoms with van der Waals surface area (Å²) >= 11 is 1.80. The molecule has 3 nitrogen and oxygen atoms in total. The van der Waals surface area contributed by atoms with E-state index in [1.54, 1.807) is 11.8 Å². The fourth-order valence-corrected chi connectivity index (χ4v) is 2.91. The Balaban J connectivity index is 2.03. The molecule has 0 saturated carbocycles. The van der Waals surface area contributed by atoms with Gasteiger partial charge in [0.25, 0.3) is 0 Å². The van der Waals surface area contributed by atoms with Crippen LogP contribution in [0.1, 0.15) is 18.9 Å². The molecule has 1 heterocycles. The number of amides is 1. The molecular formula is C14H20N2OS. The summed E-state index contributed by atoms with van der Waals surface area (Å²) in [5.74, 6) is 1.12. The zero-order chi connectivity index (χ0) is 13.0. The first-order chi connectivity index (χ1) is 8.70. The van der Waals surface area contributed by atoms with Gasteiger partial charge < -0.3 is 10.6 Å². The van der Waals surface area contributed by atoms with Gasteiger partial charge in [0.05, 0.1) is 6.04 Å². The highest BCUT2D eigenvalue weighted by Crippen LogP contribution is 2.21. The van der Waals surface area contributed by atoms with E-state index >= 15 is 0 Å². The number of para-hydroxylation sites is 1. The third kappa shape index (κ3) is 3.27. The van der Waals surface area contributed by atoms with Crippen LogP contribution in [0.3, 0.4) is 0 Å². The predicted molar refractivity (Wildman–Crippen MR) is 78.2 cm³/mol. The maximum Gasteiger partial charge on any atom is 0.241 e. The Morgan fingerprint density at radius 2 is 2.28 bits per heavy atom. The first kappa shape index (κ1) is 13.4. The van der Waals surface area contributed by atoms with Crippen LogP contribution in [0.4, 0.5) is 5.69 Å². The summed E-state index contributed by atoms with van der Waals surface area (Å²) in [7, 11) is 0. The van der Waals surface area contributed by atoms with Gasteiger partial charge in [-0.2, -0.15) is 11.8 Å². The molecule has 1 aromatic rings. The number of aryl methyl sites for hydroxylation is 1. The Bertz CT molecular complexity index is 422. The Kier molecular flexibility index (Phi) is 4.66. The first-order valence-electron chi connectivity index (χ1n) is 6.34. The van der Waals surface area contributed by atoms with Crippen molar-refractivity contribution in [1.29, 1.82) is 0 Å². The molecule has 2 rings (SSSR count). The lowest BCUT2D eigenvalue weighted by atomic mass is 10.1. The smallest absolute Gasteiger partial charge is 0.241 e. The summed E-state index contributed by atoms with van der Waals surface area (Å²) in [6.45, 7) is 2.13. The van der Waals surface area contributed by atoms with Crippen LogP contribution in [0.15, 0.2) is 24.3 Å². The quantitative estimate of drug-likeness (QED) is 0.876. The number of nitrogens with one attached hydrogen (secondary N) is 2. The zero-order valence-corrected chi connectivity index (χ0v) is 11.7. The molecule has 2 N–H and O–H groups in total. The largest absolute Gasteiger partial charge is 0.324 e. The van der Waals surface area contributed by atoms with E-state index in [0.717, 1.165) is 24.3 Å². The minimum absolute atomic E-state index is 0.0838. The van der Waals surface area contributed by atoms with E-state index in [0.29, 0.717) is 6.04 Å². The van der Waals surface area contributed by atoms with Gasteiger partial charge >= 0.3 is 0 Å². The van der Waals surface area contributed by atoms with E-state index in [4.69, 9.17) is 0 Å². The van der Waals surface area contributed by atoms with Crippen LogP contribution in [0.5, 0.6) is 0 Å². The third-order valence-electron chi connectivity index (χ3n) is 3.20. The van der Waals surface area contributed by atoms with Gasteiger partial charge in [-0.15, -0.1) is 0 Å². The van der Waals surface area contributed by atoms with E-state index in [-0.39, 0.29) is 11.9 Å². The van der Waals surface area contributed by atoms with Crippen LogP contribution < -0.4 is 10.6 Å². The Hall–Kier alpha value is -1.00. The van der Waals surface area contributed by atoms with Crippen LogP contribution in [0.25, 0.3) is 0 Å². The van der Waals surface area contributed by atoms with Crippen molar-refractivity contribution < 1.29 is 4.79 Å². The fraction of sp³-hybridized carbons (Fsp3) is 0.500. The molecule has 0 bridgehead atoms. The lowest BCUT2D eigenvalue weighted by molar-refractivity contribution is -0.118. The maximum atomic E-state index is 12.1. The molecule has 0 saturated heterocycles. The van der Waals surface area contributed by atoms with E-state index in [1.807, 2.05) is 18.2 Å². The number of carbonyl (C=O) groups excluding carboxylic acids is 1. The standard InChI is InChI=1S/C14H20N2OS/c1-10(9-18-2)15-13-8-7-11-5-3-4-6-12(11)16-14(13)17/h3-6,10,13,15H,7-9H2,1-2H3,(H,16,17). The lowest BCUT2D eigenvalue weighted by Crippen LogP contribution is -2.45. The molecule has 18 heavy (non-hydrogen) atoms. The average Bonchev–Trinajstić information content (AvgIpc) is 2.50. The van der Waals surface area contributed by atoms with E-state index in [2.05, 4.69) is 29.9 Å². The van der Waals surface area contributed by atoms with Gasteiger partial charge in [0.2, 0.25) is 5.91 Å². The summed E-state index contributed by atoms with van der Waals surface area (Å²) in [6.07, 6.45) is 3.89. The molecular weight excluding hydrogens is 244 g/mol. The molecule has 2 unspecified atom stereocenters. The molecule has 0 radical (unpaired) electrons. The maximum absolute atomic E-state index is 12.1.